The number of para-hydroxylation sites is 1. The molecule has 0 bridgehead atoms. The number of nitriles is 2. The summed E-state index contributed by atoms with van der Waals surface area (Å²) >= 11 is 12.5. The van der Waals surface area contributed by atoms with Gasteiger partial charge < -0.3 is 10.2 Å². The fraction of sp³-hybridized carbons (Fsp3) is 0. The number of furan rings is 1. The molecule has 0 saturated carbocycles. The molecule has 0 aliphatic heterocycles. The Morgan fingerprint density at radius 3 is 2.35 bits per heavy atom. The van der Waals surface area contributed by atoms with E-state index in [2.05, 4.69) is 11.2 Å². The first kappa shape index (κ1) is 20.3. The molecule has 2 N–H and O–H groups in total. The minimum atomic E-state index is 0.109. The van der Waals surface area contributed by atoms with Crippen molar-refractivity contribution in [3.05, 3.63) is 87.7 Å². The topological polar surface area (TPSA) is 105 Å². The van der Waals surface area contributed by atoms with Gasteiger partial charge in [-0.3, -0.25) is 0 Å². The molecule has 6 nitrogen and oxygen atoms in total. The van der Waals surface area contributed by atoms with Crippen LogP contribution >= 0.6 is 23.2 Å². The van der Waals surface area contributed by atoms with Crippen LogP contribution in [0.3, 0.4) is 0 Å². The number of rotatable bonds is 4. The number of nitrogens with two attached hydrogens (primary N) is 1. The van der Waals surface area contributed by atoms with Gasteiger partial charge in [-0.05, 0) is 36.4 Å². The first-order valence-corrected chi connectivity index (χ1v) is 9.79. The second-order valence-electron chi connectivity index (χ2n) is 6.44. The van der Waals surface area contributed by atoms with E-state index in [0.717, 1.165) is 0 Å². The van der Waals surface area contributed by atoms with Crippen molar-refractivity contribution in [2.24, 2.45) is 0 Å². The number of benzene rings is 2. The fourth-order valence-corrected chi connectivity index (χ4v) is 3.67. The maximum absolute atomic E-state index is 9.74. The number of anilines is 1. The molecule has 4 rings (SSSR count). The highest BCUT2D eigenvalue weighted by Gasteiger charge is 2.20. The number of hydrogen-bond donors (Lipinski definition) is 1. The Morgan fingerprint density at radius 2 is 1.71 bits per heavy atom. The Bertz CT molecular complexity index is 1370. The van der Waals surface area contributed by atoms with Crippen LogP contribution in [0.4, 0.5) is 5.82 Å². The zero-order chi connectivity index (χ0) is 22.0. The Hall–Kier alpha value is -3.97. The molecule has 0 atom stereocenters. The number of halogens is 2. The van der Waals surface area contributed by atoms with Gasteiger partial charge in [-0.2, -0.15) is 15.6 Å². The Labute approximate surface area is 188 Å². The molecule has 2 heterocycles. The summed E-state index contributed by atoms with van der Waals surface area (Å²) in [6, 6.07) is 21.8. The minimum absolute atomic E-state index is 0.109. The first-order chi connectivity index (χ1) is 15.0. The van der Waals surface area contributed by atoms with Crippen LogP contribution in [-0.2, 0) is 0 Å². The van der Waals surface area contributed by atoms with Crippen molar-refractivity contribution in [1.29, 1.82) is 10.5 Å². The van der Waals surface area contributed by atoms with Gasteiger partial charge in [0.2, 0.25) is 0 Å². The van der Waals surface area contributed by atoms with Crippen molar-refractivity contribution in [2.75, 3.05) is 5.73 Å². The molecule has 4 aromatic rings. The van der Waals surface area contributed by atoms with Crippen molar-refractivity contribution in [3.8, 4) is 29.1 Å². The summed E-state index contributed by atoms with van der Waals surface area (Å²) in [6.45, 7) is 0. The monoisotopic (exact) mass is 445 g/mol. The maximum Gasteiger partial charge on any atom is 0.145 e. The van der Waals surface area contributed by atoms with E-state index in [1.807, 2.05) is 24.3 Å². The third-order valence-electron chi connectivity index (χ3n) is 4.53. The molecule has 0 unspecified atom stereocenters. The molecular formula is C23H13Cl2N5O. The van der Waals surface area contributed by atoms with Gasteiger partial charge in [-0.15, -0.1) is 0 Å². The summed E-state index contributed by atoms with van der Waals surface area (Å²) in [5.74, 6) is 0.973. The highest BCUT2D eigenvalue weighted by atomic mass is 35.5. The molecular weight excluding hydrogens is 433 g/mol. The average Bonchev–Trinajstić information content (AvgIpc) is 3.36. The van der Waals surface area contributed by atoms with Gasteiger partial charge >= 0.3 is 0 Å². The molecule has 0 aliphatic rings. The van der Waals surface area contributed by atoms with Gasteiger partial charge in [0.25, 0.3) is 0 Å². The summed E-state index contributed by atoms with van der Waals surface area (Å²) in [4.78, 5) is 0. The van der Waals surface area contributed by atoms with E-state index < -0.39 is 0 Å². The third kappa shape index (κ3) is 3.78. The lowest BCUT2D eigenvalue weighted by Crippen LogP contribution is -2.02. The van der Waals surface area contributed by atoms with Crippen molar-refractivity contribution in [2.45, 2.75) is 0 Å². The predicted molar refractivity (Wildman–Crippen MR) is 120 cm³/mol. The van der Waals surface area contributed by atoms with E-state index in [-0.39, 0.29) is 22.6 Å². The van der Waals surface area contributed by atoms with E-state index in [0.29, 0.717) is 32.8 Å². The maximum atomic E-state index is 9.74. The average molecular weight is 446 g/mol. The zero-order valence-corrected chi connectivity index (χ0v) is 17.4. The Morgan fingerprint density at radius 1 is 1.00 bits per heavy atom. The van der Waals surface area contributed by atoms with Crippen LogP contribution in [-0.4, -0.2) is 9.78 Å². The van der Waals surface area contributed by atoms with E-state index in [1.165, 1.54) is 10.8 Å². The molecule has 2 aromatic carbocycles. The van der Waals surface area contributed by atoms with Crippen LogP contribution in [0.15, 0.2) is 65.1 Å². The number of aromatic nitrogens is 2. The van der Waals surface area contributed by atoms with Crippen molar-refractivity contribution < 1.29 is 4.42 Å². The number of hydrogen-bond acceptors (Lipinski definition) is 5. The molecule has 150 valence electrons. The summed E-state index contributed by atoms with van der Waals surface area (Å²) in [5.41, 5.74) is 7.77. The Kier molecular flexibility index (Phi) is 5.51. The SMILES string of the molecule is N#C/C(=C\c1ccc(-c2c(Cl)cccc2Cl)o1)c1nn(-c2ccccc2)c(N)c1C#N. The minimum Gasteiger partial charge on any atom is -0.457 e. The zero-order valence-electron chi connectivity index (χ0n) is 15.9. The van der Waals surface area contributed by atoms with E-state index in [1.54, 1.807) is 42.5 Å². The standard InChI is InChI=1S/C23H13Cl2N5O/c24-18-7-4-8-19(25)21(18)20-10-9-16(31-20)11-14(12-26)22-17(13-27)23(28)30(29-22)15-5-2-1-3-6-15/h1-11H,28H2/b14-11+. The second-order valence-corrected chi connectivity index (χ2v) is 7.25. The summed E-state index contributed by atoms with van der Waals surface area (Å²) in [5, 5.41) is 24.6. The summed E-state index contributed by atoms with van der Waals surface area (Å²) in [7, 11) is 0. The van der Waals surface area contributed by atoms with Gasteiger partial charge in [0.05, 0.1) is 26.9 Å². The molecule has 2 aromatic heterocycles. The second kappa shape index (κ2) is 8.41. The molecule has 0 saturated heterocycles. The normalized spacial score (nSPS) is 11.2. The molecule has 0 spiro atoms. The lowest BCUT2D eigenvalue weighted by atomic mass is 10.1. The van der Waals surface area contributed by atoms with Crippen LogP contribution in [0.25, 0.3) is 28.7 Å². The quantitative estimate of drug-likeness (QED) is 0.390. The van der Waals surface area contributed by atoms with E-state index in [9.17, 15) is 10.5 Å². The molecule has 0 radical (unpaired) electrons. The fourth-order valence-electron chi connectivity index (χ4n) is 3.09. The van der Waals surface area contributed by atoms with Gasteiger partial charge in [-0.1, -0.05) is 47.5 Å². The van der Waals surface area contributed by atoms with Crippen LogP contribution in [0.2, 0.25) is 10.0 Å². The molecule has 0 amide bonds. The van der Waals surface area contributed by atoms with Crippen molar-refractivity contribution >= 4 is 40.7 Å². The summed E-state index contributed by atoms with van der Waals surface area (Å²) < 4.78 is 7.26. The first-order valence-electron chi connectivity index (χ1n) is 9.04. The Balaban J connectivity index is 1.78. The van der Waals surface area contributed by atoms with Crippen molar-refractivity contribution in [1.82, 2.24) is 9.78 Å². The van der Waals surface area contributed by atoms with E-state index >= 15 is 0 Å². The molecule has 31 heavy (non-hydrogen) atoms. The smallest absolute Gasteiger partial charge is 0.145 e. The van der Waals surface area contributed by atoms with Gasteiger partial charge in [0.1, 0.15) is 40.7 Å². The van der Waals surface area contributed by atoms with Crippen LogP contribution in [0.5, 0.6) is 0 Å². The predicted octanol–water partition coefficient (Wildman–Crippen LogP) is 5.96. The largest absolute Gasteiger partial charge is 0.457 e. The molecule has 0 fully saturated rings. The van der Waals surface area contributed by atoms with Crippen LogP contribution in [0, 0.1) is 22.7 Å². The van der Waals surface area contributed by atoms with Crippen LogP contribution < -0.4 is 5.73 Å². The molecule has 8 heteroatoms. The highest BCUT2D eigenvalue weighted by Crippen LogP contribution is 2.36. The summed E-state index contributed by atoms with van der Waals surface area (Å²) in [6.07, 6.45) is 1.49. The van der Waals surface area contributed by atoms with Crippen molar-refractivity contribution in [3.63, 3.8) is 0 Å². The van der Waals surface area contributed by atoms with Gasteiger partial charge in [0.15, 0.2) is 0 Å². The number of nitrogens with zero attached hydrogens (tertiary/aromatic N) is 4. The molecule has 0 aliphatic carbocycles. The van der Waals surface area contributed by atoms with Gasteiger partial charge in [0, 0.05) is 6.08 Å². The third-order valence-corrected chi connectivity index (χ3v) is 5.16. The lowest BCUT2D eigenvalue weighted by Gasteiger charge is -2.03. The van der Waals surface area contributed by atoms with E-state index in [4.69, 9.17) is 33.4 Å². The lowest BCUT2D eigenvalue weighted by molar-refractivity contribution is 0.572. The number of allylic oxidation sites excluding steroid dienone is 1. The highest BCUT2D eigenvalue weighted by molar-refractivity contribution is 6.39. The number of nitrogen functional groups attached to an aromatic ring is 1. The van der Waals surface area contributed by atoms with Crippen LogP contribution in [0.1, 0.15) is 17.0 Å². The van der Waals surface area contributed by atoms with Gasteiger partial charge in [-0.25, -0.2) is 4.68 Å².